The van der Waals surface area contributed by atoms with Gasteiger partial charge in [-0.05, 0) is 48.6 Å². The van der Waals surface area contributed by atoms with Gasteiger partial charge in [0.25, 0.3) is 0 Å². The molecule has 4 rings (SSSR count). The van der Waals surface area contributed by atoms with Crippen LogP contribution in [-0.2, 0) is 9.53 Å². The second kappa shape index (κ2) is 10.3. The third kappa shape index (κ3) is 6.07. The largest absolute Gasteiger partial charge is 0.573 e. The van der Waals surface area contributed by atoms with Gasteiger partial charge < -0.3 is 20.1 Å². The number of carbonyl (C=O) groups is 2. The van der Waals surface area contributed by atoms with Crippen molar-refractivity contribution in [3.63, 3.8) is 0 Å². The van der Waals surface area contributed by atoms with Gasteiger partial charge in [0.1, 0.15) is 12.3 Å². The number of carbonyl (C=O) groups excluding carboxylic acids is 2. The summed E-state index contributed by atoms with van der Waals surface area (Å²) in [6.07, 6.45) is 0.745. The third-order valence-electron chi connectivity index (χ3n) is 5.62. The summed E-state index contributed by atoms with van der Waals surface area (Å²) in [4.78, 5) is 35.7. The first-order chi connectivity index (χ1) is 16.7. The molecule has 1 unspecified atom stereocenters. The Morgan fingerprint density at radius 3 is 2.66 bits per heavy atom. The van der Waals surface area contributed by atoms with Crippen LogP contribution in [0.15, 0.2) is 57.4 Å². The number of benzene rings is 1. The highest BCUT2D eigenvalue weighted by Crippen LogP contribution is 2.28. The molecule has 1 atom stereocenters. The molecule has 2 N–H and O–H groups in total. The smallest absolute Gasteiger partial charge is 0.406 e. The van der Waals surface area contributed by atoms with Crippen molar-refractivity contribution in [2.75, 3.05) is 26.8 Å². The van der Waals surface area contributed by atoms with E-state index in [1.807, 2.05) is 6.08 Å². The van der Waals surface area contributed by atoms with Crippen LogP contribution in [0.3, 0.4) is 0 Å². The molecular formula is C23H24F3N5O4. The molecule has 3 aliphatic heterocycles. The van der Waals surface area contributed by atoms with E-state index in [0.717, 1.165) is 29.8 Å². The minimum Gasteiger partial charge on any atom is -0.406 e. The minimum absolute atomic E-state index is 0.0535. The lowest BCUT2D eigenvalue weighted by molar-refractivity contribution is -0.274. The fourth-order valence-corrected chi connectivity index (χ4v) is 4.02. The normalized spacial score (nSPS) is 18.9. The molecule has 3 heterocycles. The molecule has 1 aromatic carbocycles. The number of nitrogens with one attached hydrogen (secondary N) is 2. The van der Waals surface area contributed by atoms with Crippen molar-refractivity contribution in [2.45, 2.75) is 31.7 Å². The molecular weight excluding hydrogens is 467 g/mol. The van der Waals surface area contributed by atoms with E-state index in [2.05, 4.69) is 20.4 Å². The van der Waals surface area contributed by atoms with Crippen molar-refractivity contribution in [1.29, 1.82) is 0 Å². The Balaban J connectivity index is 1.54. The Morgan fingerprint density at radius 1 is 1.23 bits per heavy atom. The molecule has 0 spiro atoms. The minimum atomic E-state index is -4.80. The summed E-state index contributed by atoms with van der Waals surface area (Å²) in [7, 11) is 1.44. The first-order valence-corrected chi connectivity index (χ1v) is 11.0. The lowest BCUT2D eigenvalue weighted by atomic mass is 9.97. The second-order valence-electron chi connectivity index (χ2n) is 8.07. The standard InChI is InChI=1S/C23H24F3N5O4/c1-34-13-19(14-2-4-16(5-3-14)35-23(24,25)26)30-22(33)31-12-20(32)28-18-7-6-17(29-21(18)31)15-8-10-27-11-9-15/h2-5,8,10,19H,6-7,9,11-13H2,1H3,(H,28,32)(H,30,33). The average molecular weight is 491 g/mol. The van der Waals surface area contributed by atoms with Crippen LogP contribution in [0.25, 0.3) is 0 Å². The van der Waals surface area contributed by atoms with E-state index < -0.39 is 18.4 Å². The zero-order valence-electron chi connectivity index (χ0n) is 18.9. The Kier molecular flexibility index (Phi) is 7.20. The molecule has 35 heavy (non-hydrogen) atoms. The van der Waals surface area contributed by atoms with Crippen LogP contribution in [0, 0.1) is 0 Å². The lowest BCUT2D eigenvalue weighted by Gasteiger charge is -2.33. The molecule has 186 valence electrons. The maximum absolute atomic E-state index is 13.3. The van der Waals surface area contributed by atoms with Crippen LogP contribution in [0.2, 0.25) is 0 Å². The number of nitrogens with zero attached hydrogens (tertiary/aromatic N) is 3. The number of methoxy groups -OCH3 is 1. The number of amides is 3. The summed E-state index contributed by atoms with van der Waals surface area (Å²) in [5.74, 6) is -0.340. The van der Waals surface area contributed by atoms with Gasteiger partial charge in [-0.25, -0.2) is 9.79 Å². The number of dihydropyridines is 1. The van der Waals surface area contributed by atoms with Crippen molar-refractivity contribution >= 4 is 23.9 Å². The highest BCUT2D eigenvalue weighted by Gasteiger charge is 2.34. The van der Waals surface area contributed by atoms with Crippen LogP contribution in [0.5, 0.6) is 5.75 Å². The van der Waals surface area contributed by atoms with Crippen molar-refractivity contribution in [1.82, 2.24) is 15.5 Å². The summed E-state index contributed by atoms with van der Waals surface area (Å²) in [5.41, 5.74) is 2.96. The summed E-state index contributed by atoms with van der Waals surface area (Å²) >= 11 is 0. The van der Waals surface area contributed by atoms with Gasteiger partial charge in [-0.3, -0.25) is 14.7 Å². The average Bonchev–Trinajstić information content (AvgIpc) is 2.83. The van der Waals surface area contributed by atoms with Gasteiger partial charge in [-0.1, -0.05) is 12.1 Å². The van der Waals surface area contributed by atoms with Crippen molar-refractivity contribution in [3.05, 3.63) is 53.0 Å². The lowest BCUT2D eigenvalue weighted by Crippen LogP contribution is -2.51. The number of allylic oxidation sites excluding steroid dienone is 2. The number of aliphatic imine (C=N–C) groups is 2. The second-order valence-corrected chi connectivity index (χ2v) is 8.07. The van der Waals surface area contributed by atoms with Crippen LogP contribution in [0.4, 0.5) is 18.0 Å². The highest BCUT2D eigenvalue weighted by molar-refractivity contribution is 6.05. The number of alkyl halides is 3. The van der Waals surface area contributed by atoms with Crippen LogP contribution in [0.1, 0.15) is 30.9 Å². The topological polar surface area (TPSA) is 105 Å². The Bertz CT molecular complexity index is 1110. The SMILES string of the molecule is COCC(NC(=O)N1CC(=O)NC2=C1N=C(C1=CC=NCC1)CC2)c1ccc(OC(F)(F)F)cc1. The highest BCUT2D eigenvalue weighted by atomic mass is 19.4. The van der Waals surface area contributed by atoms with Crippen LogP contribution < -0.4 is 15.4 Å². The van der Waals surface area contributed by atoms with Crippen molar-refractivity contribution in [3.8, 4) is 5.75 Å². The molecule has 0 saturated carbocycles. The number of urea groups is 1. The zero-order valence-corrected chi connectivity index (χ0v) is 18.9. The van der Waals surface area contributed by atoms with E-state index >= 15 is 0 Å². The van der Waals surface area contributed by atoms with Crippen molar-refractivity contribution < 1.29 is 32.2 Å². The quantitative estimate of drug-likeness (QED) is 0.638. The molecule has 0 fully saturated rings. The van der Waals surface area contributed by atoms with Crippen LogP contribution in [-0.4, -0.2) is 61.9 Å². The fourth-order valence-electron chi connectivity index (χ4n) is 4.02. The maximum Gasteiger partial charge on any atom is 0.573 e. The number of hydrogen-bond acceptors (Lipinski definition) is 6. The molecule has 0 radical (unpaired) electrons. The van der Waals surface area contributed by atoms with Gasteiger partial charge in [0.2, 0.25) is 5.91 Å². The molecule has 1 aromatic rings. The summed E-state index contributed by atoms with van der Waals surface area (Å²) in [5, 5.41) is 5.60. The van der Waals surface area contributed by atoms with Crippen molar-refractivity contribution in [2.24, 2.45) is 9.98 Å². The van der Waals surface area contributed by atoms with E-state index in [9.17, 15) is 22.8 Å². The summed E-state index contributed by atoms with van der Waals surface area (Å²) < 4.78 is 46.4. The zero-order chi connectivity index (χ0) is 25.0. The number of hydrogen-bond donors (Lipinski definition) is 2. The monoisotopic (exact) mass is 491 g/mol. The molecule has 0 bridgehead atoms. The molecule has 0 saturated heterocycles. The molecule has 3 aliphatic rings. The Morgan fingerprint density at radius 2 is 2.00 bits per heavy atom. The van der Waals surface area contributed by atoms with E-state index in [1.54, 1.807) is 6.21 Å². The third-order valence-corrected chi connectivity index (χ3v) is 5.62. The van der Waals surface area contributed by atoms with Gasteiger partial charge in [0.15, 0.2) is 5.82 Å². The van der Waals surface area contributed by atoms with Gasteiger partial charge in [0, 0.05) is 25.6 Å². The van der Waals surface area contributed by atoms with Gasteiger partial charge in [-0.15, -0.1) is 13.2 Å². The molecule has 0 aliphatic carbocycles. The number of halogens is 3. The molecule has 0 aromatic heterocycles. The predicted octanol–water partition coefficient (Wildman–Crippen LogP) is 3.22. The Hall–Kier alpha value is -3.67. The van der Waals surface area contributed by atoms with E-state index in [4.69, 9.17) is 9.73 Å². The predicted molar refractivity (Wildman–Crippen MR) is 121 cm³/mol. The van der Waals surface area contributed by atoms with Crippen LogP contribution >= 0.6 is 0 Å². The van der Waals surface area contributed by atoms with E-state index in [1.165, 1.54) is 24.1 Å². The Labute approximate surface area is 199 Å². The maximum atomic E-state index is 13.3. The molecule has 12 heteroatoms. The first-order valence-electron chi connectivity index (χ1n) is 11.0. The van der Waals surface area contributed by atoms with E-state index in [0.29, 0.717) is 36.5 Å². The first kappa shape index (κ1) is 24.5. The summed E-state index contributed by atoms with van der Waals surface area (Å²) in [6.45, 7) is 0.501. The molecule has 3 amide bonds. The summed E-state index contributed by atoms with van der Waals surface area (Å²) in [6, 6.07) is 3.87. The molecule has 9 nitrogen and oxygen atoms in total. The fraction of sp³-hybridized carbons (Fsp3) is 0.391. The number of ether oxygens (including phenoxy) is 2. The van der Waals surface area contributed by atoms with Gasteiger partial charge >= 0.3 is 12.4 Å². The van der Waals surface area contributed by atoms with Gasteiger partial charge in [-0.2, -0.15) is 0 Å². The van der Waals surface area contributed by atoms with E-state index in [-0.39, 0.29) is 24.8 Å². The van der Waals surface area contributed by atoms with Gasteiger partial charge in [0.05, 0.1) is 18.3 Å². The number of rotatable bonds is 6.